The van der Waals surface area contributed by atoms with Gasteiger partial charge < -0.3 is 5.32 Å². The van der Waals surface area contributed by atoms with E-state index < -0.39 is 0 Å². The molecule has 3 aromatic rings. The average Bonchev–Trinajstić information content (AvgIpc) is 3.13. The predicted octanol–water partition coefficient (Wildman–Crippen LogP) is 3.09. The van der Waals surface area contributed by atoms with Crippen LogP contribution in [0.4, 0.5) is 10.5 Å². The maximum Gasteiger partial charge on any atom is 0.331 e. The van der Waals surface area contributed by atoms with Crippen molar-refractivity contribution in [1.82, 2.24) is 14.5 Å². The van der Waals surface area contributed by atoms with Crippen molar-refractivity contribution in [2.45, 2.75) is 0 Å². The highest BCUT2D eigenvalue weighted by Gasteiger charge is 2.05. The van der Waals surface area contributed by atoms with Gasteiger partial charge in [0.05, 0.1) is 0 Å². The molecule has 0 aliphatic carbocycles. The minimum Gasteiger partial charge on any atom is -0.307 e. The Bertz CT molecular complexity index is 659. The maximum absolute atomic E-state index is 11.8. The zero-order valence-electron chi connectivity index (χ0n) is 9.85. The summed E-state index contributed by atoms with van der Waals surface area (Å²) in [7, 11) is 0. The zero-order chi connectivity index (χ0) is 13.1. The summed E-state index contributed by atoms with van der Waals surface area (Å²) < 4.78 is 1.38. The lowest BCUT2D eigenvalue weighted by molar-refractivity contribution is 0.253. The molecule has 0 fully saturated rings. The molecule has 5 nitrogen and oxygen atoms in total. The van der Waals surface area contributed by atoms with Gasteiger partial charge in [0, 0.05) is 35.2 Å². The predicted molar refractivity (Wildman–Crippen MR) is 74.2 cm³/mol. The number of carbonyl (C=O) groups is 1. The van der Waals surface area contributed by atoms with E-state index in [0.29, 0.717) is 0 Å². The van der Waals surface area contributed by atoms with Crippen LogP contribution in [0.5, 0.6) is 0 Å². The molecule has 0 atom stereocenters. The first-order valence-corrected chi connectivity index (χ1v) is 6.50. The fraction of sp³-hybridized carbons (Fsp3) is 0. The lowest BCUT2D eigenvalue weighted by Gasteiger charge is -2.05. The van der Waals surface area contributed by atoms with Gasteiger partial charge in [-0.05, 0) is 24.3 Å². The third kappa shape index (κ3) is 2.53. The summed E-state index contributed by atoms with van der Waals surface area (Å²) in [5.41, 5.74) is 1.77. The number of nitrogens with zero attached hydrogens (tertiary/aromatic N) is 3. The Balaban J connectivity index is 1.75. The highest BCUT2D eigenvalue weighted by atomic mass is 32.1. The quantitative estimate of drug-likeness (QED) is 0.778. The second kappa shape index (κ2) is 5.03. The normalized spacial score (nSPS) is 10.3. The highest BCUT2D eigenvalue weighted by molar-refractivity contribution is 7.13. The van der Waals surface area contributed by atoms with E-state index >= 15 is 0 Å². The van der Waals surface area contributed by atoms with Crippen molar-refractivity contribution in [2.75, 3.05) is 5.32 Å². The fourth-order valence-corrected chi connectivity index (χ4v) is 2.27. The van der Waals surface area contributed by atoms with Crippen molar-refractivity contribution in [1.29, 1.82) is 0 Å². The molecule has 2 heterocycles. The average molecular weight is 270 g/mol. The molecule has 0 bridgehead atoms. The summed E-state index contributed by atoms with van der Waals surface area (Å²) in [6, 6.07) is 7.33. The molecule has 0 saturated heterocycles. The standard InChI is InChI=1S/C13H10N4OS/c18-13(17-7-5-14-9-17)16-11-3-1-10(2-4-11)12-15-6-8-19-12/h1-9H,(H,16,18). The van der Waals surface area contributed by atoms with Gasteiger partial charge in [-0.1, -0.05) is 0 Å². The number of anilines is 1. The molecule has 0 radical (unpaired) electrons. The Morgan fingerprint density at radius 2 is 2.05 bits per heavy atom. The summed E-state index contributed by atoms with van der Waals surface area (Å²) in [5.74, 6) is 0. The van der Waals surface area contributed by atoms with E-state index in [1.54, 1.807) is 29.9 Å². The molecule has 0 saturated carbocycles. The molecule has 1 N–H and O–H groups in total. The number of benzene rings is 1. The van der Waals surface area contributed by atoms with Crippen LogP contribution in [0.25, 0.3) is 10.6 Å². The number of aromatic nitrogens is 3. The first-order chi connectivity index (χ1) is 9.33. The number of nitrogens with one attached hydrogen (secondary N) is 1. The van der Waals surface area contributed by atoms with Crippen LogP contribution in [-0.4, -0.2) is 20.6 Å². The molecule has 1 aromatic carbocycles. The van der Waals surface area contributed by atoms with Crippen LogP contribution in [-0.2, 0) is 0 Å². The van der Waals surface area contributed by atoms with Crippen LogP contribution in [0.2, 0.25) is 0 Å². The highest BCUT2D eigenvalue weighted by Crippen LogP contribution is 2.23. The van der Waals surface area contributed by atoms with Crippen molar-refractivity contribution < 1.29 is 4.79 Å². The van der Waals surface area contributed by atoms with Crippen LogP contribution in [0.1, 0.15) is 0 Å². The number of amides is 1. The summed E-state index contributed by atoms with van der Waals surface area (Å²) in [4.78, 5) is 19.9. The Morgan fingerprint density at radius 3 is 2.68 bits per heavy atom. The summed E-state index contributed by atoms with van der Waals surface area (Å²) in [6.45, 7) is 0. The monoisotopic (exact) mass is 270 g/mol. The second-order valence-electron chi connectivity index (χ2n) is 3.81. The van der Waals surface area contributed by atoms with Gasteiger partial charge in [0.2, 0.25) is 0 Å². The van der Waals surface area contributed by atoms with Gasteiger partial charge in [0.1, 0.15) is 11.3 Å². The van der Waals surface area contributed by atoms with Crippen molar-refractivity contribution in [2.24, 2.45) is 0 Å². The van der Waals surface area contributed by atoms with Crippen LogP contribution in [0.15, 0.2) is 54.6 Å². The maximum atomic E-state index is 11.8. The smallest absolute Gasteiger partial charge is 0.307 e. The Kier molecular flexibility index (Phi) is 3.07. The molecule has 0 aliphatic rings. The van der Waals surface area contributed by atoms with E-state index in [2.05, 4.69) is 15.3 Å². The molecular formula is C13H10N4OS. The fourth-order valence-electron chi connectivity index (χ4n) is 1.63. The minimum atomic E-state index is -0.237. The molecule has 2 aromatic heterocycles. The lowest BCUT2D eigenvalue weighted by Crippen LogP contribution is -2.17. The van der Waals surface area contributed by atoms with E-state index in [9.17, 15) is 4.79 Å². The van der Waals surface area contributed by atoms with Crippen molar-refractivity contribution >= 4 is 23.1 Å². The third-order valence-electron chi connectivity index (χ3n) is 2.55. The van der Waals surface area contributed by atoms with Gasteiger partial charge in [-0.3, -0.25) is 4.57 Å². The van der Waals surface area contributed by atoms with Gasteiger partial charge in [-0.2, -0.15) is 0 Å². The van der Waals surface area contributed by atoms with E-state index in [1.807, 2.05) is 29.6 Å². The summed E-state index contributed by atoms with van der Waals surface area (Å²) in [5, 5.41) is 5.68. The first-order valence-electron chi connectivity index (χ1n) is 5.62. The van der Waals surface area contributed by atoms with Gasteiger partial charge >= 0.3 is 6.03 Å². The summed E-state index contributed by atoms with van der Waals surface area (Å²) >= 11 is 1.58. The topological polar surface area (TPSA) is 59.8 Å². The molecule has 1 amide bonds. The number of rotatable bonds is 2. The summed E-state index contributed by atoms with van der Waals surface area (Å²) in [6.07, 6.45) is 6.39. The molecule has 19 heavy (non-hydrogen) atoms. The number of hydrogen-bond donors (Lipinski definition) is 1. The molecule has 6 heteroatoms. The molecule has 3 rings (SSSR count). The Morgan fingerprint density at radius 1 is 1.21 bits per heavy atom. The largest absolute Gasteiger partial charge is 0.331 e. The van der Waals surface area contributed by atoms with E-state index in [-0.39, 0.29) is 6.03 Å². The van der Waals surface area contributed by atoms with Crippen molar-refractivity contribution in [3.63, 3.8) is 0 Å². The number of imidazole rings is 1. The first kappa shape index (κ1) is 11.6. The molecule has 94 valence electrons. The minimum absolute atomic E-state index is 0.237. The van der Waals surface area contributed by atoms with Crippen molar-refractivity contribution in [3.05, 3.63) is 54.6 Å². The number of thiazole rings is 1. The lowest BCUT2D eigenvalue weighted by atomic mass is 10.2. The van der Waals surface area contributed by atoms with Crippen LogP contribution in [0.3, 0.4) is 0 Å². The number of carbonyl (C=O) groups excluding carboxylic acids is 1. The van der Waals surface area contributed by atoms with Crippen molar-refractivity contribution in [3.8, 4) is 10.6 Å². The molecule has 0 spiro atoms. The van der Waals surface area contributed by atoms with Gasteiger partial charge in [0.25, 0.3) is 0 Å². The Hall–Kier alpha value is -2.47. The van der Waals surface area contributed by atoms with E-state index in [0.717, 1.165) is 16.3 Å². The molecule has 0 unspecified atom stereocenters. The van der Waals surface area contributed by atoms with Crippen LogP contribution in [0, 0.1) is 0 Å². The van der Waals surface area contributed by atoms with Gasteiger partial charge in [-0.15, -0.1) is 11.3 Å². The van der Waals surface area contributed by atoms with Crippen LogP contribution < -0.4 is 5.32 Å². The number of hydrogen-bond acceptors (Lipinski definition) is 4. The Labute approximate surface area is 113 Å². The molecular weight excluding hydrogens is 260 g/mol. The third-order valence-corrected chi connectivity index (χ3v) is 3.38. The zero-order valence-corrected chi connectivity index (χ0v) is 10.7. The SMILES string of the molecule is O=C(Nc1ccc(-c2nccs2)cc1)n1ccnc1. The van der Waals surface area contributed by atoms with E-state index in [4.69, 9.17) is 0 Å². The van der Waals surface area contributed by atoms with Gasteiger partial charge in [-0.25, -0.2) is 14.8 Å². The second-order valence-corrected chi connectivity index (χ2v) is 4.71. The van der Waals surface area contributed by atoms with Gasteiger partial charge in [0.15, 0.2) is 0 Å². The van der Waals surface area contributed by atoms with E-state index in [1.165, 1.54) is 10.9 Å². The van der Waals surface area contributed by atoms with Crippen LogP contribution >= 0.6 is 11.3 Å². The molecule has 0 aliphatic heterocycles.